The summed E-state index contributed by atoms with van der Waals surface area (Å²) >= 11 is 0. The second-order valence-corrected chi connectivity index (χ2v) is 4.40. The van der Waals surface area contributed by atoms with Crippen molar-refractivity contribution in [1.29, 1.82) is 0 Å². The highest BCUT2D eigenvalue weighted by Gasteiger charge is 2.12. The Balaban J connectivity index is 1.97. The summed E-state index contributed by atoms with van der Waals surface area (Å²) in [7, 11) is 1.61. The molecule has 0 fully saturated rings. The number of imidazole rings is 1. The zero-order valence-electron chi connectivity index (χ0n) is 11.4. The molecule has 1 aromatic heterocycles. The van der Waals surface area contributed by atoms with Crippen molar-refractivity contribution in [3.05, 3.63) is 48.0 Å². The number of halogens is 2. The maximum atomic E-state index is 12.7. The fourth-order valence-corrected chi connectivity index (χ4v) is 1.91. The molecule has 0 bridgehead atoms. The van der Waals surface area contributed by atoms with Gasteiger partial charge in [-0.1, -0.05) is 12.1 Å². The molecule has 1 unspecified atom stereocenters. The van der Waals surface area contributed by atoms with Gasteiger partial charge >= 0.3 is 6.55 Å². The van der Waals surface area contributed by atoms with Gasteiger partial charge in [0.2, 0.25) is 0 Å². The molecule has 1 aromatic carbocycles. The van der Waals surface area contributed by atoms with Crippen molar-refractivity contribution < 1.29 is 13.5 Å². The number of aromatic nitrogens is 2. The van der Waals surface area contributed by atoms with Crippen molar-refractivity contribution in [2.75, 3.05) is 7.11 Å². The molecular formula is C14H17F2N3O. The molecule has 4 nitrogen and oxygen atoms in total. The molecular weight excluding hydrogens is 264 g/mol. The van der Waals surface area contributed by atoms with Crippen LogP contribution in [0.1, 0.15) is 30.9 Å². The molecule has 20 heavy (non-hydrogen) atoms. The lowest BCUT2D eigenvalue weighted by molar-refractivity contribution is 0.0665. The number of benzene rings is 1. The van der Waals surface area contributed by atoms with Crippen molar-refractivity contribution >= 4 is 0 Å². The average molecular weight is 281 g/mol. The Bertz CT molecular complexity index is 540. The average Bonchev–Trinajstić information content (AvgIpc) is 2.93. The highest BCUT2D eigenvalue weighted by Crippen LogP contribution is 2.18. The van der Waals surface area contributed by atoms with Crippen molar-refractivity contribution in [2.24, 2.45) is 0 Å². The monoisotopic (exact) mass is 281 g/mol. The molecule has 0 amide bonds. The van der Waals surface area contributed by atoms with Crippen molar-refractivity contribution in [1.82, 2.24) is 14.9 Å². The number of nitrogens with zero attached hydrogens (tertiary/aromatic N) is 2. The van der Waals surface area contributed by atoms with Crippen molar-refractivity contribution in [2.45, 2.75) is 26.1 Å². The first kappa shape index (κ1) is 14.5. The van der Waals surface area contributed by atoms with Gasteiger partial charge in [-0.3, -0.25) is 4.57 Å². The largest absolute Gasteiger partial charge is 0.497 e. The summed E-state index contributed by atoms with van der Waals surface area (Å²) in [4.78, 5) is 3.93. The molecule has 0 aliphatic carbocycles. The molecule has 0 aliphatic heterocycles. The fraction of sp³-hybridized carbons (Fsp3) is 0.357. The molecule has 1 heterocycles. The Labute approximate surface area is 116 Å². The molecule has 1 atom stereocenters. The smallest absolute Gasteiger partial charge is 0.319 e. The maximum absolute atomic E-state index is 12.7. The van der Waals surface area contributed by atoms with E-state index >= 15 is 0 Å². The SMILES string of the molecule is COc1ccc(C(C)NCc2nccn2C(F)F)cc1. The quantitative estimate of drug-likeness (QED) is 0.884. The third-order valence-corrected chi connectivity index (χ3v) is 3.14. The summed E-state index contributed by atoms with van der Waals surface area (Å²) < 4.78 is 31.3. The summed E-state index contributed by atoms with van der Waals surface area (Å²) in [5, 5.41) is 3.18. The Morgan fingerprint density at radius 1 is 1.30 bits per heavy atom. The van der Waals surface area contributed by atoms with Crippen LogP contribution < -0.4 is 10.1 Å². The first-order chi connectivity index (χ1) is 9.61. The third-order valence-electron chi connectivity index (χ3n) is 3.14. The zero-order valence-corrected chi connectivity index (χ0v) is 11.4. The van der Waals surface area contributed by atoms with Crippen LogP contribution in [0.2, 0.25) is 0 Å². The van der Waals surface area contributed by atoms with Crippen molar-refractivity contribution in [3.8, 4) is 5.75 Å². The number of hydrogen-bond donors (Lipinski definition) is 1. The molecule has 0 radical (unpaired) electrons. The molecule has 0 aliphatic rings. The lowest BCUT2D eigenvalue weighted by Gasteiger charge is -2.15. The Hall–Kier alpha value is -1.95. The van der Waals surface area contributed by atoms with E-state index in [0.29, 0.717) is 5.82 Å². The van der Waals surface area contributed by atoms with Crippen LogP contribution in [-0.4, -0.2) is 16.7 Å². The predicted molar refractivity (Wildman–Crippen MR) is 71.7 cm³/mol. The van der Waals surface area contributed by atoms with E-state index in [4.69, 9.17) is 4.74 Å². The van der Waals surface area contributed by atoms with Gasteiger partial charge in [0, 0.05) is 18.4 Å². The van der Waals surface area contributed by atoms with Gasteiger partial charge in [0.05, 0.1) is 13.7 Å². The van der Waals surface area contributed by atoms with Crippen LogP contribution in [0.5, 0.6) is 5.75 Å². The van der Waals surface area contributed by atoms with Gasteiger partial charge < -0.3 is 10.1 Å². The van der Waals surface area contributed by atoms with E-state index in [2.05, 4.69) is 10.3 Å². The molecule has 6 heteroatoms. The molecule has 108 valence electrons. The lowest BCUT2D eigenvalue weighted by Crippen LogP contribution is -2.20. The van der Waals surface area contributed by atoms with Gasteiger partial charge in [0.25, 0.3) is 0 Å². The van der Waals surface area contributed by atoms with Crippen LogP contribution in [0.4, 0.5) is 8.78 Å². The summed E-state index contributed by atoms with van der Waals surface area (Å²) in [6.45, 7) is -0.312. The molecule has 2 rings (SSSR count). The molecule has 2 aromatic rings. The Morgan fingerprint density at radius 2 is 2.00 bits per heavy atom. The molecule has 1 N–H and O–H groups in total. The van der Waals surface area contributed by atoms with E-state index in [1.807, 2.05) is 31.2 Å². The number of alkyl halides is 2. The number of hydrogen-bond acceptors (Lipinski definition) is 3. The van der Waals surface area contributed by atoms with Gasteiger partial charge in [0.15, 0.2) is 0 Å². The maximum Gasteiger partial charge on any atom is 0.319 e. The number of ether oxygens (including phenoxy) is 1. The van der Waals surface area contributed by atoms with Crippen LogP contribution in [0.25, 0.3) is 0 Å². The molecule has 0 saturated carbocycles. The summed E-state index contributed by atoms with van der Waals surface area (Å²) in [5.74, 6) is 1.11. The van der Waals surface area contributed by atoms with Gasteiger partial charge in [-0.05, 0) is 24.6 Å². The van der Waals surface area contributed by atoms with E-state index in [1.54, 1.807) is 7.11 Å². The molecule has 0 saturated heterocycles. The number of nitrogens with one attached hydrogen (secondary N) is 1. The fourth-order valence-electron chi connectivity index (χ4n) is 1.91. The highest BCUT2D eigenvalue weighted by molar-refractivity contribution is 5.28. The zero-order chi connectivity index (χ0) is 14.5. The van der Waals surface area contributed by atoms with Crippen LogP contribution in [-0.2, 0) is 6.54 Å². The van der Waals surface area contributed by atoms with Crippen molar-refractivity contribution in [3.63, 3.8) is 0 Å². The summed E-state index contributed by atoms with van der Waals surface area (Å²) in [6, 6.07) is 7.65. The van der Waals surface area contributed by atoms with E-state index < -0.39 is 6.55 Å². The molecule has 0 spiro atoms. The number of rotatable bonds is 6. The minimum atomic E-state index is -2.56. The summed E-state index contributed by atoms with van der Waals surface area (Å²) in [5.41, 5.74) is 1.06. The Morgan fingerprint density at radius 3 is 2.60 bits per heavy atom. The van der Waals surface area contributed by atoms with E-state index in [9.17, 15) is 8.78 Å². The van der Waals surface area contributed by atoms with Gasteiger partial charge in [-0.2, -0.15) is 8.78 Å². The topological polar surface area (TPSA) is 39.1 Å². The van der Waals surface area contributed by atoms with E-state index in [1.165, 1.54) is 12.4 Å². The van der Waals surface area contributed by atoms with Gasteiger partial charge in [-0.25, -0.2) is 4.98 Å². The standard InChI is InChI=1S/C14H17F2N3O/c1-10(11-3-5-12(20-2)6-4-11)18-9-13-17-7-8-19(13)14(15)16/h3-8,10,14,18H,9H2,1-2H3. The first-order valence-electron chi connectivity index (χ1n) is 6.29. The third kappa shape index (κ3) is 3.33. The van der Waals surface area contributed by atoms with E-state index in [0.717, 1.165) is 15.9 Å². The first-order valence-corrected chi connectivity index (χ1v) is 6.29. The number of methoxy groups -OCH3 is 1. The summed E-state index contributed by atoms with van der Waals surface area (Å²) in [6.07, 6.45) is 2.65. The predicted octanol–water partition coefficient (Wildman–Crippen LogP) is 3.14. The van der Waals surface area contributed by atoms with Gasteiger partial charge in [-0.15, -0.1) is 0 Å². The second kappa shape index (κ2) is 6.47. The van der Waals surface area contributed by atoms with Crippen LogP contribution >= 0.6 is 0 Å². The van der Waals surface area contributed by atoms with Crippen LogP contribution in [0, 0.1) is 0 Å². The van der Waals surface area contributed by atoms with Crippen LogP contribution in [0.15, 0.2) is 36.7 Å². The minimum absolute atomic E-state index is 0.0312. The van der Waals surface area contributed by atoms with Gasteiger partial charge in [0.1, 0.15) is 11.6 Å². The van der Waals surface area contributed by atoms with Crippen LogP contribution in [0.3, 0.4) is 0 Å². The lowest BCUT2D eigenvalue weighted by atomic mass is 10.1. The second-order valence-electron chi connectivity index (χ2n) is 4.40. The Kier molecular flexibility index (Phi) is 4.68. The highest BCUT2D eigenvalue weighted by atomic mass is 19.3. The van der Waals surface area contributed by atoms with E-state index in [-0.39, 0.29) is 12.6 Å². The normalized spacial score (nSPS) is 12.7. The minimum Gasteiger partial charge on any atom is -0.497 e.